The van der Waals surface area contributed by atoms with Gasteiger partial charge in [0.25, 0.3) is 0 Å². The lowest BCUT2D eigenvalue weighted by atomic mass is 9.51. The first-order valence-corrected chi connectivity index (χ1v) is 13.2. The van der Waals surface area contributed by atoms with Crippen LogP contribution in [0.5, 0.6) is 5.75 Å². The molecular formula is C30H40N2O. The van der Waals surface area contributed by atoms with E-state index in [-0.39, 0.29) is 11.0 Å². The van der Waals surface area contributed by atoms with Crippen LogP contribution in [0.1, 0.15) is 63.5 Å². The Morgan fingerprint density at radius 3 is 2.61 bits per heavy atom. The van der Waals surface area contributed by atoms with Crippen LogP contribution in [0.15, 0.2) is 48.5 Å². The molecular weight excluding hydrogens is 404 g/mol. The molecule has 0 radical (unpaired) electrons. The minimum atomic E-state index is 0.199. The Hall–Kier alpha value is -2.00. The summed E-state index contributed by atoms with van der Waals surface area (Å²) in [5, 5.41) is 4.09. The zero-order valence-electron chi connectivity index (χ0n) is 20.9. The van der Waals surface area contributed by atoms with E-state index in [1.807, 2.05) is 7.11 Å². The smallest absolute Gasteiger partial charge is 0.119 e. The molecule has 6 rings (SSSR count). The van der Waals surface area contributed by atoms with Gasteiger partial charge in [-0.25, -0.2) is 0 Å². The Morgan fingerprint density at radius 2 is 1.91 bits per heavy atom. The second kappa shape index (κ2) is 7.50. The lowest BCUT2D eigenvalue weighted by molar-refractivity contribution is -0.0554. The second-order valence-electron chi connectivity index (χ2n) is 11.6. The highest BCUT2D eigenvalue weighted by Gasteiger charge is 2.79. The number of aryl methyl sites for hydroxylation is 1. The summed E-state index contributed by atoms with van der Waals surface area (Å²) >= 11 is 0. The molecule has 2 aromatic rings. The summed E-state index contributed by atoms with van der Waals surface area (Å²) in [6, 6.07) is 18.4. The van der Waals surface area contributed by atoms with Gasteiger partial charge >= 0.3 is 0 Å². The third-order valence-electron chi connectivity index (χ3n) is 10.2. The molecule has 3 nitrogen and oxygen atoms in total. The fourth-order valence-electron chi connectivity index (χ4n) is 8.56. The monoisotopic (exact) mass is 444 g/mol. The van der Waals surface area contributed by atoms with E-state index < -0.39 is 0 Å². The average molecular weight is 445 g/mol. The molecule has 1 N–H and O–H groups in total. The van der Waals surface area contributed by atoms with E-state index in [1.54, 1.807) is 5.56 Å². The highest BCUT2D eigenvalue weighted by atomic mass is 16.5. The molecule has 0 spiro atoms. The van der Waals surface area contributed by atoms with Crippen molar-refractivity contribution in [2.45, 2.75) is 76.3 Å². The fraction of sp³-hybridized carbons (Fsp3) is 0.600. The molecule has 2 aromatic carbocycles. The second-order valence-corrected chi connectivity index (χ2v) is 11.6. The highest BCUT2D eigenvalue weighted by Crippen LogP contribution is 2.78. The van der Waals surface area contributed by atoms with Crippen LogP contribution in [-0.4, -0.2) is 36.7 Å². The maximum absolute atomic E-state index is 5.75. The van der Waals surface area contributed by atoms with Gasteiger partial charge in [0.1, 0.15) is 5.75 Å². The minimum Gasteiger partial charge on any atom is -0.497 e. The molecule has 1 aliphatic heterocycles. The third-order valence-corrected chi connectivity index (χ3v) is 10.2. The fourth-order valence-corrected chi connectivity index (χ4v) is 8.56. The zero-order valence-corrected chi connectivity index (χ0v) is 20.9. The van der Waals surface area contributed by atoms with E-state index in [2.05, 4.69) is 79.5 Å². The Bertz CT molecular complexity index is 1030. The molecule has 3 saturated carbocycles. The van der Waals surface area contributed by atoms with E-state index >= 15 is 0 Å². The summed E-state index contributed by atoms with van der Waals surface area (Å²) in [4.78, 5) is 2.88. The summed E-state index contributed by atoms with van der Waals surface area (Å²) < 4.78 is 5.75. The largest absolute Gasteiger partial charge is 0.497 e. The normalized spacial score (nSPS) is 37.3. The Labute approximate surface area is 199 Å². The maximum atomic E-state index is 5.75. The van der Waals surface area contributed by atoms with Crippen molar-refractivity contribution in [3.8, 4) is 5.75 Å². The number of piperidine rings is 1. The maximum Gasteiger partial charge on any atom is 0.119 e. The number of hydrogen-bond donors (Lipinski definition) is 1. The number of anilines is 1. The number of fused-ring (bicyclic) bond motifs is 3. The van der Waals surface area contributed by atoms with Gasteiger partial charge < -0.3 is 10.1 Å². The van der Waals surface area contributed by atoms with E-state index in [9.17, 15) is 0 Å². The molecule has 5 atom stereocenters. The standard InChI is InChI=1S/C30H40N2O/c1-5-30-22(3)32(19-23-12-13-23)16-15-28(30,26-17-25(33-4)14-11-21(26)2)20-29(18-27(29)30)31-24-9-7-6-8-10-24/h6-11,14,17,22-23,27,31H,5,12-13,15-16,18-20H2,1-4H3/t22-,27?,28-,29-,30+/m1/s1. The molecule has 4 fully saturated rings. The van der Waals surface area contributed by atoms with E-state index in [4.69, 9.17) is 4.74 Å². The number of nitrogens with zero attached hydrogens (tertiary/aromatic N) is 1. The number of para-hydroxylation sites is 1. The lowest BCUT2D eigenvalue weighted by Crippen LogP contribution is -2.62. The molecule has 176 valence electrons. The Kier molecular flexibility index (Phi) is 4.89. The van der Waals surface area contributed by atoms with E-state index in [0.717, 1.165) is 17.6 Å². The molecule has 1 saturated heterocycles. The molecule has 0 bridgehead atoms. The Morgan fingerprint density at radius 1 is 1.12 bits per heavy atom. The van der Waals surface area contributed by atoms with Crippen LogP contribution in [0.3, 0.4) is 0 Å². The van der Waals surface area contributed by atoms with Gasteiger partial charge in [0.2, 0.25) is 0 Å². The molecule has 33 heavy (non-hydrogen) atoms. The highest BCUT2D eigenvalue weighted by molar-refractivity contribution is 5.55. The molecule has 0 aromatic heterocycles. The van der Waals surface area contributed by atoms with Crippen molar-refractivity contribution in [2.24, 2.45) is 17.3 Å². The number of rotatable bonds is 7. The number of hydrogen-bond acceptors (Lipinski definition) is 3. The number of methoxy groups -OCH3 is 1. The van der Waals surface area contributed by atoms with Gasteiger partial charge in [0.15, 0.2) is 0 Å². The van der Waals surface area contributed by atoms with Crippen LogP contribution in [0.25, 0.3) is 0 Å². The van der Waals surface area contributed by atoms with Crippen molar-refractivity contribution in [3.63, 3.8) is 0 Å². The van der Waals surface area contributed by atoms with Crippen molar-refractivity contribution < 1.29 is 4.74 Å². The molecule has 1 unspecified atom stereocenters. The van der Waals surface area contributed by atoms with Gasteiger partial charge in [0.05, 0.1) is 7.11 Å². The minimum absolute atomic E-state index is 0.199. The van der Waals surface area contributed by atoms with Crippen LogP contribution in [0.4, 0.5) is 5.69 Å². The van der Waals surface area contributed by atoms with Gasteiger partial charge in [0, 0.05) is 34.6 Å². The average Bonchev–Trinajstić information content (AvgIpc) is 3.75. The van der Waals surface area contributed by atoms with Gasteiger partial charge in [-0.3, -0.25) is 4.90 Å². The van der Waals surface area contributed by atoms with Crippen LogP contribution >= 0.6 is 0 Å². The van der Waals surface area contributed by atoms with Gasteiger partial charge in [-0.2, -0.15) is 0 Å². The summed E-state index contributed by atoms with van der Waals surface area (Å²) in [5.74, 6) is 2.67. The van der Waals surface area contributed by atoms with E-state index in [0.29, 0.717) is 11.5 Å². The SMILES string of the molecule is CC[C@]12C3C[C@@]3(Nc3ccccc3)C[C@@]1(c1cc(OC)ccc1C)CCN(CC1CC1)[C@@H]2C. The van der Waals surface area contributed by atoms with E-state index in [1.165, 1.54) is 62.9 Å². The molecule has 3 aliphatic carbocycles. The number of nitrogens with one attached hydrogen (secondary N) is 1. The van der Waals surface area contributed by atoms with Crippen LogP contribution in [0, 0.1) is 24.2 Å². The van der Waals surface area contributed by atoms with Crippen molar-refractivity contribution in [1.29, 1.82) is 0 Å². The Balaban J connectivity index is 1.47. The number of ether oxygens (including phenoxy) is 1. The predicted molar refractivity (Wildman–Crippen MR) is 136 cm³/mol. The van der Waals surface area contributed by atoms with Gasteiger partial charge in [-0.1, -0.05) is 31.2 Å². The molecule has 0 amide bonds. The number of likely N-dealkylation sites (tertiary alicyclic amines) is 1. The molecule has 1 heterocycles. The summed E-state index contributed by atoms with van der Waals surface area (Å²) in [6.45, 7) is 9.92. The predicted octanol–water partition coefficient (Wildman–Crippen LogP) is 6.42. The summed E-state index contributed by atoms with van der Waals surface area (Å²) in [6.07, 6.45) is 7.93. The van der Waals surface area contributed by atoms with Crippen molar-refractivity contribution in [1.82, 2.24) is 4.90 Å². The zero-order chi connectivity index (χ0) is 22.8. The van der Waals surface area contributed by atoms with Crippen molar-refractivity contribution in [3.05, 3.63) is 59.7 Å². The van der Waals surface area contributed by atoms with Gasteiger partial charge in [-0.15, -0.1) is 0 Å². The molecule has 3 heteroatoms. The van der Waals surface area contributed by atoms with Crippen molar-refractivity contribution >= 4 is 5.69 Å². The first-order valence-electron chi connectivity index (χ1n) is 13.2. The first kappa shape index (κ1) is 21.5. The molecule has 4 aliphatic rings. The topological polar surface area (TPSA) is 24.5 Å². The summed E-state index contributed by atoms with van der Waals surface area (Å²) in [7, 11) is 1.81. The third kappa shape index (κ3) is 3.04. The first-order chi connectivity index (χ1) is 16.0. The van der Waals surface area contributed by atoms with Crippen LogP contribution in [-0.2, 0) is 5.41 Å². The number of benzene rings is 2. The van der Waals surface area contributed by atoms with Gasteiger partial charge in [-0.05, 0) is 106 Å². The van der Waals surface area contributed by atoms with Crippen LogP contribution in [0.2, 0.25) is 0 Å². The summed E-state index contributed by atoms with van der Waals surface area (Å²) in [5.41, 5.74) is 4.99. The quantitative estimate of drug-likeness (QED) is 0.533. The lowest BCUT2D eigenvalue weighted by Gasteiger charge is -2.59. The van der Waals surface area contributed by atoms with Crippen molar-refractivity contribution in [2.75, 3.05) is 25.5 Å². The van der Waals surface area contributed by atoms with Crippen LogP contribution < -0.4 is 10.1 Å².